The number of likely N-dealkylation sites (tertiary alicyclic amines) is 1. The molecule has 1 saturated heterocycles. The van der Waals surface area contributed by atoms with Gasteiger partial charge in [-0.15, -0.1) is 24.0 Å². The van der Waals surface area contributed by atoms with Gasteiger partial charge in [-0.05, 0) is 64.3 Å². The van der Waals surface area contributed by atoms with Gasteiger partial charge in [0.25, 0.3) is 0 Å². The molecular formula is C23H39IN6O. The molecule has 2 N–H and O–H groups in total. The van der Waals surface area contributed by atoms with E-state index in [1.54, 1.807) is 7.11 Å². The first-order valence-corrected chi connectivity index (χ1v) is 11.4. The van der Waals surface area contributed by atoms with Gasteiger partial charge in [-0.25, -0.2) is 4.98 Å². The summed E-state index contributed by atoms with van der Waals surface area (Å²) < 4.78 is 7.49. The Balaban J connectivity index is 0.00000341. The Morgan fingerprint density at radius 1 is 1.19 bits per heavy atom. The molecule has 0 atom stereocenters. The van der Waals surface area contributed by atoms with Crippen LogP contribution in [-0.2, 0) is 11.3 Å². The van der Waals surface area contributed by atoms with Crippen LogP contribution in [0, 0.1) is 12.8 Å². The standard InChI is InChI=1S/C23H38N6O.HI/c1-4-24-23(26-18-20-10-14-28(15-11-20)16-17-30-3)25-12-7-13-29-19(2)27-21-8-5-6-9-22(21)29;/h5-6,8-9,20H,4,7,10-18H2,1-3H3,(H2,24,25,26);1H. The number of rotatable bonds is 10. The number of para-hydroxylation sites is 2. The molecule has 7 nitrogen and oxygen atoms in total. The molecule has 0 spiro atoms. The number of halogens is 1. The first kappa shape index (κ1) is 25.9. The van der Waals surface area contributed by atoms with Crippen LogP contribution in [0.3, 0.4) is 0 Å². The van der Waals surface area contributed by atoms with Gasteiger partial charge < -0.3 is 24.8 Å². The zero-order chi connectivity index (χ0) is 21.2. The second-order valence-corrected chi connectivity index (χ2v) is 8.08. The van der Waals surface area contributed by atoms with Crippen LogP contribution in [0.2, 0.25) is 0 Å². The molecule has 1 fully saturated rings. The van der Waals surface area contributed by atoms with Gasteiger partial charge in [0, 0.05) is 39.8 Å². The molecule has 0 amide bonds. The molecule has 3 rings (SSSR count). The van der Waals surface area contributed by atoms with Crippen molar-refractivity contribution in [2.45, 2.75) is 39.7 Å². The van der Waals surface area contributed by atoms with E-state index in [0.29, 0.717) is 5.92 Å². The van der Waals surface area contributed by atoms with Crippen molar-refractivity contribution in [3.8, 4) is 0 Å². The highest BCUT2D eigenvalue weighted by Crippen LogP contribution is 2.17. The number of hydrogen-bond acceptors (Lipinski definition) is 4. The fraction of sp³-hybridized carbons (Fsp3) is 0.652. The molecule has 1 aromatic carbocycles. The number of piperidine rings is 1. The summed E-state index contributed by atoms with van der Waals surface area (Å²) in [5, 5.41) is 6.89. The lowest BCUT2D eigenvalue weighted by Gasteiger charge is -2.31. The highest BCUT2D eigenvalue weighted by molar-refractivity contribution is 14.0. The minimum absolute atomic E-state index is 0. The lowest BCUT2D eigenvalue weighted by molar-refractivity contribution is 0.121. The molecule has 174 valence electrons. The van der Waals surface area contributed by atoms with Crippen LogP contribution in [-0.4, -0.2) is 73.4 Å². The molecule has 0 radical (unpaired) electrons. The number of fused-ring (bicyclic) bond motifs is 1. The molecule has 0 aliphatic carbocycles. The van der Waals surface area contributed by atoms with Crippen molar-refractivity contribution < 1.29 is 4.74 Å². The Bertz CT molecular complexity index is 800. The summed E-state index contributed by atoms with van der Waals surface area (Å²) in [5.41, 5.74) is 2.29. The van der Waals surface area contributed by atoms with Gasteiger partial charge in [-0.1, -0.05) is 12.1 Å². The maximum Gasteiger partial charge on any atom is 0.191 e. The van der Waals surface area contributed by atoms with E-state index in [0.717, 1.165) is 76.1 Å². The molecule has 31 heavy (non-hydrogen) atoms. The minimum Gasteiger partial charge on any atom is -0.383 e. The maximum atomic E-state index is 5.19. The monoisotopic (exact) mass is 542 g/mol. The number of aliphatic imine (C=N–C) groups is 1. The number of imidazole rings is 1. The van der Waals surface area contributed by atoms with Crippen LogP contribution in [0.4, 0.5) is 0 Å². The Labute approximate surface area is 204 Å². The quantitative estimate of drug-likeness (QED) is 0.209. The number of ether oxygens (including phenoxy) is 1. The van der Waals surface area contributed by atoms with E-state index in [1.807, 2.05) is 6.07 Å². The van der Waals surface area contributed by atoms with Crippen molar-refractivity contribution in [3.63, 3.8) is 0 Å². The van der Waals surface area contributed by atoms with E-state index < -0.39 is 0 Å². The first-order chi connectivity index (χ1) is 14.7. The molecule has 2 aromatic rings. The smallest absolute Gasteiger partial charge is 0.191 e. The van der Waals surface area contributed by atoms with Gasteiger partial charge in [0.05, 0.1) is 17.6 Å². The summed E-state index contributed by atoms with van der Waals surface area (Å²) in [5.74, 6) is 2.69. The number of guanidine groups is 1. The van der Waals surface area contributed by atoms with Gasteiger partial charge in [-0.2, -0.15) is 0 Å². The molecule has 0 bridgehead atoms. The first-order valence-electron chi connectivity index (χ1n) is 11.4. The van der Waals surface area contributed by atoms with Crippen molar-refractivity contribution in [2.75, 3.05) is 53.0 Å². The van der Waals surface area contributed by atoms with Crippen molar-refractivity contribution in [3.05, 3.63) is 30.1 Å². The Hall–Kier alpha value is -1.39. The highest BCUT2D eigenvalue weighted by atomic mass is 127. The van der Waals surface area contributed by atoms with Crippen molar-refractivity contribution in [2.24, 2.45) is 10.9 Å². The predicted molar refractivity (Wildman–Crippen MR) is 140 cm³/mol. The normalized spacial score (nSPS) is 15.8. The van der Waals surface area contributed by atoms with E-state index >= 15 is 0 Å². The number of aryl methyl sites for hydroxylation is 2. The summed E-state index contributed by atoms with van der Waals surface area (Å²) >= 11 is 0. The van der Waals surface area contributed by atoms with Crippen molar-refractivity contribution >= 4 is 41.0 Å². The van der Waals surface area contributed by atoms with Crippen molar-refractivity contribution in [1.29, 1.82) is 0 Å². The molecular weight excluding hydrogens is 503 g/mol. The third-order valence-corrected chi connectivity index (χ3v) is 5.87. The molecule has 0 unspecified atom stereocenters. The zero-order valence-electron chi connectivity index (χ0n) is 19.3. The third kappa shape index (κ3) is 7.91. The molecule has 8 heteroatoms. The van der Waals surface area contributed by atoms with Gasteiger partial charge in [0.1, 0.15) is 5.82 Å². The molecule has 0 saturated carbocycles. The topological polar surface area (TPSA) is 66.7 Å². The fourth-order valence-corrected chi connectivity index (χ4v) is 4.10. The van der Waals surface area contributed by atoms with Crippen LogP contribution < -0.4 is 10.6 Å². The van der Waals surface area contributed by atoms with E-state index in [-0.39, 0.29) is 24.0 Å². The van der Waals surface area contributed by atoms with E-state index in [9.17, 15) is 0 Å². The Morgan fingerprint density at radius 2 is 1.97 bits per heavy atom. The van der Waals surface area contributed by atoms with Gasteiger partial charge >= 0.3 is 0 Å². The molecule has 1 aromatic heterocycles. The number of aromatic nitrogens is 2. The van der Waals surface area contributed by atoms with E-state index in [1.165, 1.54) is 18.4 Å². The zero-order valence-corrected chi connectivity index (χ0v) is 21.6. The van der Waals surface area contributed by atoms with E-state index in [4.69, 9.17) is 9.73 Å². The summed E-state index contributed by atoms with van der Waals surface area (Å²) in [6, 6.07) is 8.35. The minimum atomic E-state index is 0. The summed E-state index contributed by atoms with van der Waals surface area (Å²) in [6.45, 7) is 12.0. The summed E-state index contributed by atoms with van der Waals surface area (Å²) in [4.78, 5) is 12.0. The average molecular weight is 543 g/mol. The van der Waals surface area contributed by atoms with Crippen LogP contribution in [0.5, 0.6) is 0 Å². The van der Waals surface area contributed by atoms with Gasteiger partial charge in [0.15, 0.2) is 5.96 Å². The highest BCUT2D eigenvalue weighted by Gasteiger charge is 2.18. The number of hydrogen-bond donors (Lipinski definition) is 2. The molecule has 2 heterocycles. The van der Waals surface area contributed by atoms with Crippen molar-refractivity contribution in [1.82, 2.24) is 25.1 Å². The van der Waals surface area contributed by atoms with Crippen LogP contribution in [0.15, 0.2) is 29.3 Å². The number of nitrogens with zero attached hydrogens (tertiary/aromatic N) is 4. The largest absolute Gasteiger partial charge is 0.383 e. The number of methoxy groups -OCH3 is 1. The van der Waals surface area contributed by atoms with Gasteiger partial charge in [0.2, 0.25) is 0 Å². The Morgan fingerprint density at radius 3 is 2.71 bits per heavy atom. The SMILES string of the molecule is CCNC(=NCC1CCN(CCOC)CC1)NCCCn1c(C)nc2ccccc21.I. The van der Waals surface area contributed by atoms with E-state index in [2.05, 4.69) is 57.1 Å². The molecule has 1 aliphatic heterocycles. The number of benzene rings is 1. The van der Waals surface area contributed by atoms with Crippen LogP contribution in [0.1, 0.15) is 32.0 Å². The summed E-state index contributed by atoms with van der Waals surface area (Å²) in [7, 11) is 1.77. The predicted octanol–water partition coefficient (Wildman–Crippen LogP) is 3.27. The van der Waals surface area contributed by atoms with Gasteiger partial charge in [-0.3, -0.25) is 4.99 Å². The maximum absolute atomic E-state index is 5.19. The fourth-order valence-electron chi connectivity index (χ4n) is 4.10. The van der Waals surface area contributed by atoms with Crippen LogP contribution in [0.25, 0.3) is 11.0 Å². The Kier molecular flexibility index (Phi) is 11.6. The summed E-state index contributed by atoms with van der Waals surface area (Å²) in [6.07, 6.45) is 3.47. The molecule has 1 aliphatic rings. The number of nitrogens with one attached hydrogen (secondary N) is 2. The lowest BCUT2D eigenvalue weighted by atomic mass is 9.97. The third-order valence-electron chi connectivity index (χ3n) is 5.87. The second-order valence-electron chi connectivity index (χ2n) is 8.08. The second kappa shape index (κ2) is 13.9. The average Bonchev–Trinajstić information content (AvgIpc) is 3.09. The lowest BCUT2D eigenvalue weighted by Crippen LogP contribution is -2.39. The van der Waals surface area contributed by atoms with Crippen LogP contribution >= 0.6 is 24.0 Å².